The van der Waals surface area contributed by atoms with Gasteiger partial charge in [0.05, 0.1) is 0 Å². The summed E-state index contributed by atoms with van der Waals surface area (Å²) in [4.78, 5) is 10.6. The molecule has 3 heterocycles. The maximum atomic E-state index is 6.55. The average molecular weight is 703 g/mol. The molecule has 7 heteroatoms. The van der Waals surface area contributed by atoms with E-state index in [-0.39, 0.29) is 21.1 Å². The summed E-state index contributed by atoms with van der Waals surface area (Å²) in [7, 11) is 1.98. The smallest absolute Gasteiger partial charge is 0.135 e. The third-order valence-corrected chi connectivity index (χ3v) is 6.50. The van der Waals surface area contributed by atoms with Gasteiger partial charge in [0.1, 0.15) is 11.4 Å². The van der Waals surface area contributed by atoms with E-state index in [9.17, 15) is 0 Å². The topological polar surface area (TPSA) is 45.0 Å². The number of nitrogens with zero attached hydrogens (tertiary/aromatic N) is 4. The van der Waals surface area contributed by atoms with E-state index in [0.717, 1.165) is 44.8 Å². The molecule has 0 saturated carbocycles. The molecule has 0 saturated heterocycles. The number of anilines is 4. The molecule has 0 atom stereocenters. The zero-order valence-electron chi connectivity index (χ0n) is 21.5. The van der Waals surface area contributed by atoms with Crippen LogP contribution in [0.4, 0.5) is 22.9 Å². The maximum Gasteiger partial charge on any atom is 0.135 e. The predicted molar refractivity (Wildman–Crippen MR) is 154 cm³/mol. The monoisotopic (exact) mass is 702 g/mol. The molecule has 1 aliphatic heterocycles. The number of para-hydroxylation sites is 2. The Kier molecular flexibility index (Phi) is 7.02. The number of furan rings is 1. The van der Waals surface area contributed by atoms with E-state index in [4.69, 9.17) is 9.15 Å². The fourth-order valence-corrected chi connectivity index (χ4v) is 4.74. The van der Waals surface area contributed by atoms with E-state index in [1.54, 1.807) is 6.20 Å². The number of hydrogen-bond acceptors (Lipinski definition) is 6. The van der Waals surface area contributed by atoms with Crippen LogP contribution in [0.15, 0.2) is 120 Å². The molecule has 40 heavy (non-hydrogen) atoms. The molecule has 0 aliphatic carbocycles. The van der Waals surface area contributed by atoms with Crippen molar-refractivity contribution in [3.05, 3.63) is 134 Å². The minimum atomic E-state index is 0. The van der Waals surface area contributed by atoms with Crippen molar-refractivity contribution in [2.45, 2.75) is 0 Å². The number of pyridine rings is 1. The second kappa shape index (κ2) is 10.9. The van der Waals surface area contributed by atoms with Gasteiger partial charge in [-0.15, -0.1) is 30.3 Å². The molecule has 0 unspecified atom stereocenters. The third-order valence-electron chi connectivity index (χ3n) is 6.50. The summed E-state index contributed by atoms with van der Waals surface area (Å²) in [6.07, 6.45) is 5.74. The van der Waals surface area contributed by atoms with Gasteiger partial charge in [-0.1, -0.05) is 53.8 Å². The van der Waals surface area contributed by atoms with Crippen LogP contribution < -0.4 is 14.5 Å². The summed E-state index contributed by atoms with van der Waals surface area (Å²) in [6.45, 7) is 1.97. The Balaban J connectivity index is 0.00000289. The van der Waals surface area contributed by atoms with Gasteiger partial charge in [0.2, 0.25) is 0 Å². The standard InChI is InChI=1S/C33H23N4O2.Pt/c1-35-18-19-36(23-35)26-21-30(33-28-14-5-6-15-29(28)39-31(33)22-26)38-27-13-9-12-25(20-27)37(24-10-3-2-4-11-24)32-16-7-8-17-34-32;/h2-19,22-23H,1H3;/q-3;. The first kappa shape index (κ1) is 25.7. The molecule has 0 N–H and O–H groups in total. The van der Waals surface area contributed by atoms with Crippen molar-refractivity contribution in [3.8, 4) is 11.5 Å². The first-order valence-corrected chi connectivity index (χ1v) is 12.6. The summed E-state index contributed by atoms with van der Waals surface area (Å²) in [5, 5.41) is 1.84. The number of benzene rings is 4. The summed E-state index contributed by atoms with van der Waals surface area (Å²) in [5.74, 6) is 1.91. The normalized spacial score (nSPS) is 12.6. The molecule has 6 aromatic rings. The predicted octanol–water partition coefficient (Wildman–Crippen LogP) is 8.18. The van der Waals surface area contributed by atoms with Crippen molar-refractivity contribution in [2.75, 3.05) is 16.8 Å². The number of rotatable bonds is 6. The number of ether oxygens (including phenoxy) is 1. The van der Waals surface area contributed by atoms with Crippen molar-refractivity contribution in [1.29, 1.82) is 0 Å². The van der Waals surface area contributed by atoms with Gasteiger partial charge in [0.15, 0.2) is 0 Å². The maximum absolute atomic E-state index is 6.55. The van der Waals surface area contributed by atoms with Crippen LogP contribution >= 0.6 is 0 Å². The van der Waals surface area contributed by atoms with Crippen LogP contribution in [0.2, 0.25) is 0 Å². The van der Waals surface area contributed by atoms with Gasteiger partial charge < -0.3 is 23.9 Å². The Labute approximate surface area is 247 Å². The fraction of sp³-hybridized carbons (Fsp3) is 0.0303. The van der Waals surface area contributed by atoms with Gasteiger partial charge in [-0.3, -0.25) is 0 Å². The van der Waals surface area contributed by atoms with E-state index in [2.05, 4.69) is 22.0 Å². The molecule has 1 aliphatic rings. The number of aromatic nitrogens is 1. The molecule has 0 spiro atoms. The van der Waals surface area contributed by atoms with Crippen molar-refractivity contribution < 1.29 is 30.2 Å². The molecule has 0 radical (unpaired) electrons. The van der Waals surface area contributed by atoms with E-state index in [1.807, 2.05) is 133 Å². The van der Waals surface area contributed by atoms with Gasteiger partial charge >= 0.3 is 0 Å². The van der Waals surface area contributed by atoms with Crippen LogP contribution in [-0.4, -0.2) is 16.9 Å². The summed E-state index contributed by atoms with van der Waals surface area (Å²) < 4.78 is 12.8. The molecule has 4 aromatic carbocycles. The molecule has 0 bridgehead atoms. The van der Waals surface area contributed by atoms with Crippen molar-refractivity contribution in [1.82, 2.24) is 9.88 Å². The Morgan fingerprint density at radius 1 is 0.850 bits per heavy atom. The van der Waals surface area contributed by atoms with Gasteiger partial charge in [0, 0.05) is 50.0 Å². The molecule has 7 rings (SSSR count). The molecule has 200 valence electrons. The minimum Gasteiger partial charge on any atom is -0.510 e. The minimum absolute atomic E-state index is 0. The first-order valence-electron chi connectivity index (χ1n) is 12.6. The largest absolute Gasteiger partial charge is 0.510 e. The van der Waals surface area contributed by atoms with Gasteiger partial charge in [0.25, 0.3) is 0 Å². The van der Waals surface area contributed by atoms with Gasteiger partial charge in [-0.2, -0.15) is 12.7 Å². The Hall–Kier alpha value is -4.54. The van der Waals surface area contributed by atoms with E-state index in [1.165, 1.54) is 0 Å². The van der Waals surface area contributed by atoms with E-state index >= 15 is 0 Å². The van der Waals surface area contributed by atoms with Crippen molar-refractivity contribution in [2.24, 2.45) is 0 Å². The van der Waals surface area contributed by atoms with Crippen LogP contribution in [0, 0.1) is 18.8 Å². The van der Waals surface area contributed by atoms with Crippen molar-refractivity contribution in [3.63, 3.8) is 0 Å². The summed E-state index contributed by atoms with van der Waals surface area (Å²) >= 11 is 0. The van der Waals surface area contributed by atoms with Crippen LogP contribution in [0.3, 0.4) is 0 Å². The molecule has 2 aromatic heterocycles. The summed E-state index contributed by atoms with van der Waals surface area (Å²) in [6, 6.07) is 38.7. The molecule has 0 fully saturated rings. The average Bonchev–Trinajstić information content (AvgIpc) is 3.58. The van der Waals surface area contributed by atoms with Crippen LogP contribution in [0.1, 0.15) is 0 Å². The SMILES string of the molecule is CN1C=CN(c2[c-]c(Oc3[c-]c(N(c4ccccc4)c4ccccn4)ccc3)c3c(c2)oc2ccccc23)[CH-]1.[Pt]. The molecular formula is C33H23N4O2Pt-3. The number of fused-ring (bicyclic) bond motifs is 3. The third kappa shape index (κ3) is 4.83. The molecule has 0 amide bonds. The van der Waals surface area contributed by atoms with Gasteiger partial charge in [-0.25, -0.2) is 4.98 Å². The van der Waals surface area contributed by atoms with Crippen molar-refractivity contribution >= 4 is 44.8 Å². The number of hydrogen-bond donors (Lipinski definition) is 0. The Bertz CT molecular complexity index is 1760. The van der Waals surface area contributed by atoms with Crippen LogP contribution in [-0.2, 0) is 21.1 Å². The molecule has 6 nitrogen and oxygen atoms in total. The van der Waals surface area contributed by atoms with Crippen LogP contribution in [0.25, 0.3) is 21.9 Å². The zero-order valence-corrected chi connectivity index (χ0v) is 23.7. The zero-order chi connectivity index (χ0) is 26.2. The summed E-state index contributed by atoms with van der Waals surface area (Å²) in [5.41, 5.74) is 4.12. The first-order chi connectivity index (χ1) is 19.2. The second-order valence-electron chi connectivity index (χ2n) is 9.17. The molecular weight excluding hydrogens is 679 g/mol. The second-order valence-corrected chi connectivity index (χ2v) is 9.17. The Morgan fingerprint density at radius 2 is 1.68 bits per heavy atom. The Morgan fingerprint density at radius 3 is 2.48 bits per heavy atom. The quantitative estimate of drug-likeness (QED) is 0.163. The fourth-order valence-electron chi connectivity index (χ4n) is 4.74. The van der Waals surface area contributed by atoms with E-state index < -0.39 is 0 Å². The van der Waals surface area contributed by atoms with Crippen LogP contribution in [0.5, 0.6) is 11.5 Å². The van der Waals surface area contributed by atoms with E-state index in [0.29, 0.717) is 11.5 Å². The van der Waals surface area contributed by atoms with Gasteiger partial charge in [-0.05, 0) is 60.6 Å².